The Morgan fingerprint density at radius 3 is 2.86 bits per heavy atom. The van der Waals surface area contributed by atoms with Crippen molar-refractivity contribution in [2.75, 3.05) is 6.61 Å². The Morgan fingerprint density at radius 2 is 2.14 bits per heavy atom. The van der Waals surface area contributed by atoms with E-state index in [0.29, 0.717) is 21.3 Å². The summed E-state index contributed by atoms with van der Waals surface area (Å²) in [6, 6.07) is 4.72. The zero-order valence-electron chi connectivity index (χ0n) is 10.9. The van der Waals surface area contributed by atoms with E-state index in [-0.39, 0.29) is 23.5 Å². The molecule has 0 aliphatic carbocycles. The number of hydrogen-bond donors (Lipinski definition) is 1. The molecule has 0 bridgehead atoms. The lowest BCUT2D eigenvalue weighted by Crippen LogP contribution is -2.31. The van der Waals surface area contributed by atoms with Crippen LogP contribution in [0.4, 0.5) is 4.39 Å². The normalized spacial score (nSPS) is 21.7. The highest BCUT2D eigenvalue weighted by molar-refractivity contribution is 9.10. The maximum absolute atomic E-state index is 14.3. The standard InChI is InChI=1S/C14H8BrClFN3O2/c15-6-1-8-12(9(17)2-6)22-10-4-19-11(16)3-7(10)14(8)5-21-13(18)20-14/h1-4H,5H2,(H2,18,20). The Morgan fingerprint density at radius 1 is 1.32 bits per heavy atom. The average molecular weight is 385 g/mol. The number of aromatic nitrogens is 1. The van der Waals surface area contributed by atoms with E-state index in [2.05, 4.69) is 25.9 Å². The van der Waals surface area contributed by atoms with Crippen LogP contribution < -0.4 is 10.5 Å². The average Bonchev–Trinajstić information content (AvgIpc) is 2.85. The summed E-state index contributed by atoms with van der Waals surface area (Å²) in [5, 5.41) is 0.279. The van der Waals surface area contributed by atoms with Gasteiger partial charge in [0.2, 0.25) is 0 Å². The second-order valence-electron chi connectivity index (χ2n) is 4.97. The summed E-state index contributed by atoms with van der Waals surface area (Å²) >= 11 is 9.28. The Bertz CT molecular complexity index is 845. The molecule has 5 nitrogen and oxygen atoms in total. The van der Waals surface area contributed by atoms with Crippen LogP contribution in [0, 0.1) is 5.82 Å². The molecule has 1 aromatic heterocycles. The number of benzene rings is 1. The monoisotopic (exact) mass is 383 g/mol. The van der Waals surface area contributed by atoms with Crippen LogP contribution >= 0.6 is 27.5 Å². The summed E-state index contributed by atoms with van der Waals surface area (Å²) in [6.07, 6.45) is 1.44. The van der Waals surface area contributed by atoms with Gasteiger partial charge in [-0.2, -0.15) is 0 Å². The number of nitrogens with zero attached hydrogens (tertiary/aromatic N) is 2. The molecule has 1 unspecified atom stereocenters. The summed E-state index contributed by atoms with van der Waals surface area (Å²) in [5.74, 6) is -0.0490. The molecular weight excluding hydrogens is 377 g/mol. The summed E-state index contributed by atoms with van der Waals surface area (Å²) in [4.78, 5) is 8.38. The molecule has 2 aliphatic rings. The molecule has 0 amide bonds. The third-order valence-corrected chi connectivity index (χ3v) is 4.34. The number of ether oxygens (including phenoxy) is 2. The van der Waals surface area contributed by atoms with Gasteiger partial charge in [0.25, 0.3) is 6.02 Å². The zero-order chi connectivity index (χ0) is 15.5. The van der Waals surface area contributed by atoms with Crippen LogP contribution in [0.2, 0.25) is 5.15 Å². The Labute approximate surface area is 138 Å². The molecule has 112 valence electrons. The van der Waals surface area contributed by atoms with Gasteiger partial charge in [0.05, 0.1) is 6.20 Å². The van der Waals surface area contributed by atoms with E-state index in [1.165, 1.54) is 12.3 Å². The van der Waals surface area contributed by atoms with Crippen LogP contribution in [0.5, 0.6) is 11.5 Å². The first kappa shape index (κ1) is 13.8. The number of amidine groups is 1. The smallest absolute Gasteiger partial charge is 0.283 e. The first-order valence-corrected chi connectivity index (χ1v) is 7.48. The molecule has 3 heterocycles. The third kappa shape index (κ3) is 1.82. The molecule has 0 saturated heterocycles. The van der Waals surface area contributed by atoms with Crippen LogP contribution in [-0.2, 0) is 10.3 Å². The van der Waals surface area contributed by atoms with Gasteiger partial charge in [0.15, 0.2) is 22.9 Å². The fourth-order valence-electron chi connectivity index (χ4n) is 2.76. The lowest BCUT2D eigenvalue weighted by Gasteiger charge is -2.33. The van der Waals surface area contributed by atoms with E-state index in [1.807, 2.05) is 0 Å². The third-order valence-electron chi connectivity index (χ3n) is 3.68. The predicted molar refractivity (Wildman–Crippen MR) is 81.8 cm³/mol. The van der Waals surface area contributed by atoms with E-state index >= 15 is 0 Å². The quantitative estimate of drug-likeness (QED) is 0.707. The van der Waals surface area contributed by atoms with Crippen molar-refractivity contribution in [1.82, 2.24) is 4.98 Å². The summed E-state index contributed by atoms with van der Waals surface area (Å²) < 4.78 is 25.9. The molecule has 2 aliphatic heterocycles. The number of aliphatic imine (C=N–C) groups is 1. The second-order valence-corrected chi connectivity index (χ2v) is 6.27. The van der Waals surface area contributed by atoms with E-state index in [9.17, 15) is 4.39 Å². The van der Waals surface area contributed by atoms with Gasteiger partial charge in [-0.15, -0.1) is 0 Å². The van der Waals surface area contributed by atoms with Crippen molar-refractivity contribution in [3.8, 4) is 11.5 Å². The van der Waals surface area contributed by atoms with E-state index in [4.69, 9.17) is 26.8 Å². The highest BCUT2D eigenvalue weighted by atomic mass is 79.9. The summed E-state index contributed by atoms with van der Waals surface area (Å²) in [5.41, 5.74) is 5.87. The van der Waals surface area contributed by atoms with Crippen LogP contribution in [0.15, 0.2) is 33.9 Å². The van der Waals surface area contributed by atoms with Crippen molar-refractivity contribution in [3.63, 3.8) is 0 Å². The number of fused-ring (bicyclic) bond motifs is 4. The van der Waals surface area contributed by atoms with Gasteiger partial charge < -0.3 is 15.2 Å². The minimum atomic E-state index is -0.996. The first-order valence-electron chi connectivity index (χ1n) is 6.31. The topological polar surface area (TPSA) is 69.7 Å². The Hall–Kier alpha value is -1.86. The number of hydrogen-bond acceptors (Lipinski definition) is 5. The van der Waals surface area contributed by atoms with E-state index in [1.54, 1.807) is 12.1 Å². The van der Waals surface area contributed by atoms with Crippen molar-refractivity contribution in [2.45, 2.75) is 5.54 Å². The first-order chi connectivity index (χ1) is 10.5. The van der Waals surface area contributed by atoms with Crippen LogP contribution in [0.1, 0.15) is 11.1 Å². The zero-order valence-corrected chi connectivity index (χ0v) is 13.3. The number of pyridine rings is 1. The maximum Gasteiger partial charge on any atom is 0.283 e. The van der Waals surface area contributed by atoms with Gasteiger partial charge in [0.1, 0.15) is 11.8 Å². The number of halogens is 3. The molecular formula is C14H8BrClFN3O2. The molecule has 4 rings (SSSR count). The van der Waals surface area contributed by atoms with Gasteiger partial charge in [-0.1, -0.05) is 27.5 Å². The minimum absolute atomic E-state index is 0.0344. The van der Waals surface area contributed by atoms with Gasteiger partial charge in [-0.25, -0.2) is 14.4 Å². The van der Waals surface area contributed by atoms with Gasteiger partial charge in [0, 0.05) is 15.6 Å². The van der Waals surface area contributed by atoms with E-state index < -0.39 is 11.4 Å². The fraction of sp³-hybridized carbons (Fsp3) is 0.143. The molecule has 0 fully saturated rings. The van der Waals surface area contributed by atoms with Crippen molar-refractivity contribution >= 4 is 33.6 Å². The van der Waals surface area contributed by atoms with Crippen LogP contribution in [0.25, 0.3) is 0 Å². The molecule has 22 heavy (non-hydrogen) atoms. The van der Waals surface area contributed by atoms with Gasteiger partial charge in [-0.3, -0.25) is 0 Å². The lowest BCUT2D eigenvalue weighted by molar-refractivity contribution is 0.261. The van der Waals surface area contributed by atoms with Gasteiger partial charge in [-0.05, 0) is 18.2 Å². The highest BCUT2D eigenvalue weighted by Crippen LogP contribution is 2.52. The molecule has 8 heteroatoms. The van der Waals surface area contributed by atoms with Crippen molar-refractivity contribution < 1.29 is 13.9 Å². The second kappa shape index (κ2) is 4.57. The molecule has 2 N–H and O–H groups in total. The Balaban J connectivity index is 2.08. The molecule has 1 aromatic carbocycles. The van der Waals surface area contributed by atoms with Gasteiger partial charge >= 0.3 is 0 Å². The predicted octanol–water partition coefficient (Wildman–Crippen LogP) is 3.33. The summed E-state index contributed by atoms with van der Waals surface area (Å²) in [6.45, 7) is 0.137. The number of nitrogens with two attached hydrogens (primary N) is 1. The minimum Gasteiger partial charge on any atom is -0.462 e. The van der Waals surface area contributed by atoms with Crippen molar-refractivity contribution in [3.05, 3.63) is 51.0 Å². The molecule has 0 radical (unpaired) electrons. The molecule has 1 atom stereocenters. The fourth-order valence-corrected chi connectivity index (χ4v) is 3.34. The van der Waals surface area contributed by atoms with Crippen LogP contribution in [0.3, 0.4) is 0 Å². The maximum atomic E-state index is 14.3. The van der Waals surface area contributed by atoms with E-state index in [0.717, 1.165) is 0 Å². The molecule has 2 aromatic rings. The van der Waals surface area contributed by atoms with Crippen molar-refractivity contribution in [1.29, 1.82) is 0 Å². The highest BCUT2D eigenvalue weighted by Gasteiger charge is 2.48. The summed E-state index contributed by atoms with van der Waals surface area (Å²) in [7, 11) is 0. The van der Waals surface area contributed by atoms with Crippen molar-refractivity contribution in [2.24, 2.45) is 10.7 Å². The lowest BCUT2D eigenvalue weighted by atomic mass is 9.82. The molecule has 0 saturated carbocycles. The largest absolute Gasteiger partial charge is 0.462 e. The number of rotatable bonds is 0. The van der Waals surface area contributed by atoms with Crippen LogP contribution in [-0.4, -0.2) is 17.6 Å². The SMILES string of the molecule is NC1=NC2(CO1)c1cc(Cl)ncc1Oc1c(F)cc(Br)cc12. The molecule has 1 spiro atoms. The Kier molecular flexibility index (Phi) is 2.86.